The molecule has 7 heteroatoms. The van der Waals surface area contributed by atoms with Crippen molar-refractivity contribution in [3.63, 3.8) is 0 Å². The Balaban J connectivity index is 1.66. The zero-order chi connectivity index (χ0) is 18.7. The van der Waals surface area contributed by atoms with Crippen LogP contribution >= 0.6 is 11.6 Å². The molecule has 1 aromatic heterocycles. The number of piperidine rings is 1. The fraction of sp³-hybridized carbons (Fsp3) is 0.421. The molecule has 2 aromatic rings. The summed E-state index contributed by atoms with van der Waals surface area (Å²) in [6.07, 6.45) is 3.25. The Morgan fingerprint density at radius 2 is 1.96 bits per heavy atom. The summed E-state index contributed by atoms with van der Waals surface area (Å²) in [5, 5.41) is 7.78. The summed E-state index contributed by atoms with van der Waals surface area (Å²) >= 11 is 5.88. The van der Waals surface area contributed by atoms with E-state index in [-0.39, 0.29) is 23.8 Å². The second kappa shape index (κ2) is 7.91. The Hall–Kier alpha value is -2.34. The zero-order valence-electron chi connectivity index (χ0n) is 15.0. The van der Waals surface area contributed by atoms with E-state index in [9.17, 15) is 9.59 Å². The predicted octanol–water partition coefficient (Wildman–Crippen LogP) is 3.61. The molecule has 0 radical (unpaired) electrons. The molecular weight excluding hydrogens is 352 g/mol. The average molecular weight is 375 g/mol. The first-order valence-electron chi connectivity index (χ1n) is 8.85. The smallest absolute Gasteiger partial charge is 0.253 e. The molecule has 3 rings (SSSR count). The number of amides is 2. The number of carbonyl (C=O) groups excluding carboxylic acids is 2. The van der Waals surface area contributed by atoms with E-state index in [0.29, 0.717) is 29.5 Å². The topological polar surface area (TPSA) is 67.2 Å². The normalized spacial score (nSPS) is 17.4. The van der Waals surface area contributed by atoms with Crippen molar-refractivity contribution in [1.29, 1.82) is 0 Å². The van der Waals surface area contributed by atoms with Gasteiger partial charge in [0.1, 0.15) is 5.82 Å². The molecule has 26 heavy (non-hydrogen) atoms. The quantitative estimate of drug-likeness (QED) is 0.888. The standard InChI is InChI=1S/C19H23ClN4O2/c1-13(2)24-17(9-10-21-24)22-18(25)15-4-3-11-23(12-15)19(26)14-5-7-16(20)8-6-14/h5-10,13,15H,3-4,11-12H2,1-2H3,(H,22,25). The van der Waals surface area contributed by atoms with Crippen LogP contribution in [0.4, 0.5) is 5.82 Å². The Morgan fingerprint density at radius 1 is 1.23 bits per heavy atom. The van der Waals surface area contributed by atoms with E-state index < -0.39 is 0 Å². The van der Waals surface area contributed by atoms with Gasteiger partial charge in [-0.1, -0.05) is 11.6 Å². The summed E-state index contributed by atoms with van der Waals surface area (Å²) in [6, 6.07) is 8.80. The average Bonchev–Trinajstić information content (AvgIpc) is 3.10. The van der Waals surface area contributed by atoms with Gasteiger partial charge in [0.25, 0.3) is 5.91 Å². The minimum Gasteiger partial charge on any atom is -0.338 e. The highest BCUT2D eigenvalue weighted by atomic mass is 35.5. The molecule has 1 aliphatic rings. The molecule has 0 spiro atoms. The van der Waals surface area contributed by atoms with Crippen molar-refractivity contribution in [2.24, 2.45) is 5.92 Å². The van der Waals surface area contributed by atoms with Crippen molar-refractivity contribution < 1.29 is 9.59 Å². The van der Waals surface area contributed by atoms with Crippen LogP contribution in [-0.4, -0.2) is 39.6 Å². The van der Waals surface area contributed by atoms with Crippen LogP contribution in [-0.2, 0) is 4.79 Å². The maximum absolute atomic E-state index is 12.7. The zero-order valence-corrected chi connectivity index (χ0v) is 15.7. The lowest BCUT2D eigenvalue weighted by Gasteiger charge is -2.32. The summed E-state index contributed by atoms with van der Waals surface area (Å²) < 4.78 is 1.78. The molecule has 1 aliphatic heterocycles. The maximum Gasteiger partial charge on any atom is 0.253 e. The third-order valence-corrected chi connectivity index (χ3v) is 4.83. The van der Waals surface area contributed by atoms with Gasteiger partial charge in [-0.25, -0.2) is 4.68 Å². The Labute approximate surface area is 158 Å². The molecule has 1 fully saturated rings. The molecule has 1 atom stereocenters. The molecule has 138 valence electrons. The van der Waals surface area contributed by atoms with E-state index in [4.69, 9.17) is 11.6 Å². The molecule has 0 bridgehead atoms. The van der Waals surface area contributed by atoms with Crippen LogP contribution in [0.3, 0.4) is 0 Å². The van der Waals surface area contributed by atoms with Gasteiger partial charge in [0.15, 0.2) is 0 Å². The summed E-state index contributed by atoms with van der Waals surface area (Å²) in [7, 11) is 0. The van der Waals surface area contributed by atoms with E-state index in [1.54, 1.807) is 46.1 Å². The van der Waals surface area contributed by atoms with E-state index in [2.05, 4.69) is 10.4 Å². The minimum absolute atomic E-state index is 0.0635. The number of benzene rings is 1. The number of nitrogens with one attached hydrogen (secondary N) is 1. The third-order valence-electron chi connectivity index (χ3n) is 4.58. The molecule has 0 saturated carbocycles. The number of nitrogens with zero attached hydrogens (tertiary/aromatic N) is 3. The largest absolute Gasteiger partial charge is 0.338 e. The number of hydrogen-bond acceptors (Lipinski definition) is 3. The lowest BCUT2D eigenvalue weighted by atomic mass is 9.96. The van der Waals surface area contributed by atoms with Crippen molar-refractivity contribution in [2.75, 3.05) is 18.4 Å². The molecular formula is C19H23ClN4O2. The Kier molecular flexibility index (Phi) is 5.61. The number of rotatable bonds is 4. The second-order valence-corrected chi connectivity index (χ2v) is 7.28. The summed E-state index contributed by atoms with van der Waals surface area (Å²) in [5.41, 5.74) is 0.591. The number of hydrogen-bond donors (Lipinski definition) is 1. The SMILES string of the molecule is CC(C)n1nccc1NC(=O)C1CCCN(C(=O)c2ccc(Cl)cc2)C1. The fourth-order valence-corrected chi connectivity index (χ4v) is 3.33. The van der Waals surface area contributed by atoms with Crippen molar-refractivity contribution in [2.45, 2.75) is 32.7 Å². The third kappa shape index (κ3) is 4.07. The summed E-state index contributed by atoms with van der Waals surface area (Å²) in [4.78, 5) is 27.1. The first-order chi connectivity index (χ1) is 12.5. The molecule has 1 N–H and O–H groups in total. The maximum atomic E-state index is 12.7. The van der Waals surface area contributed by atoms with Crippen molar-refractivity contribution in [3.05, 3.63) is 47.1 Å². The van der Waals surface area contributed by atoms with Gasteiger partial charge in [0.05, 0.1) is 12.1 Å². The molecule has 1 unspecified atom stereocenters. The molecule has 1 aromatic carbocycles. The van der Waals surface area contributed by atoms with Gasteiger partial charge in [-0.05, 0) is 51.0 Å². The number of likely N-dealkylation sites (tertiary alicyclic amines) is 1. The molecule has 6 nitrogen and oxygen atoms in total. The number of halogens is 1. The number of carbonyl (C=O) groups is 2. The Bertz CT molecular complexity index is 785. The highest BCUT2D eigenvalue weighted by Crippen LogP contribution is 2.22. The first kappa shape index (κ1) is 18.5. The van der Waals surface area contributed by atoms with Gasteiger partial charge in [0.2, 0.25) is 5.91 Å². The van der Waals surface area contributed by atoms with E-state index in [1.165, 1.54) is 0 Å². The molecule has 0 aliphatic carbocycles. The first-order valence-corrected chi connectivity index (χ1v) is 9.22. The van der Waals surface area contributed by atoms with Gasteiger partial charge in [-0.15, -0.1) is 0 Å². The van der Waals surface area contributed by atoms with Crippen molar-refractivity contribution in [1.82, 2.24) is 14.7 Å². The van der Waals surface area contributed by atoms with Crippen LogP contribution < -0.4 is 5.32 Å². The van der Waals surface area contributed by atoms with E-state index in [0.717, 1.165) is 12.8 Å². The monoisotopic (exact) mass is 374 g/mol. The Morgan fingerprint density at radius 3 is 2.65 bits per heavy atom. The van der Waals surface area contributed by atoms with Crippen LogP contribution in [0.1, 0.15) is 43.1 Å². The van der Waals surface area contributed by atoms with Crippen LogP contribution in [0.5, 0.6) is 0 Å². The van der Waals surface area contributed by atoms with Crippen molar-refractivity contribution in [3.8, 4) is 0 Å². The fourth-order valence-electron chi connectivity index (χ4n) is 3.20. The van der Waals surface area contributed by atoms with E-state index in [1.807, 2.05) is 13.8 Å². The number of anilines is 1. The highest BCUT2D eigenvalue weighted by Gasteiger charge is 2.29. The second-order valence-electron chi connectivity index (χ2n) is 6.84. The van der Waals surface area contributed by atoms with Crippen LogP contribution in [0.15, 0.2) is 36.5 Å². The number of aromatic nitrogens is 2. The molecule has 2 amide bonds. The predicted molar refractivity (Wildman–Crippen MR) is 101 cm³/mol. The highest BCUT2D eigenvalue weighted by molar-refractivity contribution is 6.30. The summed E-state index contributed by atoms with van der Waals surface area (Å²) in [5.74, 6) is 0.328. The minimum atomic E-state index is -0.226. The van der Waals surface area contributed by atoms with Crippen LogP contribution in [0, 0.1) is 5.92 Å². The molecule has 2 heterocycles. The molecule has 1 saturated heterocycles. The summed E-state index contributed by atoms with van der Waals surface area (Å²) in [6.45, 7) is 5.10. The lowest BCUT2D eigenvalue weighted by molar-refractivity contribution is -0.121. The van der Waals surface area contributed by atoms with Crippen molar-refractivity contribution >= 4 is 29.2 Å². The van der Waals surface area contributed by atoms with Gasteiger partial charge < -0.3 is 10.2 Å². The van der Waals surface area contributed by atoms with Gasteiger partial charge in [0, 0.05) is 35.8 Å². The van der Waals surface area contributed by atoms with Crippen LogP contribution in [0.2, 0.25) is 5.02 Å². The van der Waals surface area contributed by atoms with Gasteiger partial charge >= 0.3 is 0 Å². The van der Waals surface area contributed by atoms with Crippen LogP contribution in [0.25, 0.3) is 0 Å². The van der Waals surface area contributed by atoms with Gasteiger partial charge in [-0.2, -0.15) is 5.10 Å². The lowest BCUT2D eigenvalue weighted by Crippen LogP contribution is -2.43. The van der Waals surface area contributed by atoms with E-state index >= 15 is 0 Å². The van der Waals surface area contributed by atoms with Gasteiger partial charge in [-0.3, -0.25) is 9.59 Å².